The number of rotatable bonds is 3. The van der Waals surface area contributed by atoms with Gasteiger partial charge in [-0.25, -0.2) is 15.0 Å². The first kappa shape index (κ1) is 11.9. The molecule has 1 N–H and O–H groups in total. The molecule has 0 fully saturated rings. The summed E-state index contributed by atoms with van der Waals surface area (Å²) >= 11 is 5.99. The van der Waals surface area contributed by atoms with Gasteiger partial charge in [-0.1, -0.05) is 23.7 Å². The fourth-order valence-corrected chi connectivity index (χ4v) is 2.22. The number of fused-ring (bicyclic) bond motifs is 1. The lowest BCUT2D eigenvalue weighted by atomic mass is 10.2. The summed E-state index contributed by atoms with van der Waals surface area (Å²) in [5.41, 5.74) is 2.68. The molecule has 2 aromatic heterocycles. The summed E-state index contributed by atoms with van der Waals surface area (Å²) in [6.07, 6.45) is 3.30. The van der Waals surface area contributed by atoms with Crippen molar-refractivity contribution in [2.24, 2.45) is 0 Å². The minimum atomic E-state index is 0.678. The van der Waals surface area contributed by atoms with Gasteiger partial charge in [-0.15, -0.1) is 0 Å². The van der Waals surface area contributed by atoms with Crippen molar-refractivity contribution in [1.29, 1.82) is 0 Å². The molecule has 2 heterocycles. The summed E-state index contributed by atoms with van der Waals surface area (Å²) in [6.45, 7) is 0.678. The van der Waals surface area contributed by atoms with Crippen molar-refractivity contribution in [2.75, 3.05) is 12.4 Å². The molecule has 0 aliphatic rings. The topological polar surface area (TPSA) is 55.6 Å². The van der Waals surface area contributed by atoms with E-state index in [0.29, 0.717) is 6.54 Å². The molecule has 0 saturated carbocycles. The maximum Gasteiger partial charge on any atom is 0.165 e. The van der Waals surface area contributed by atoms with Crippen molar-refractivity contribution < 1.29 is 0 Å². The molecular weight excluding hydrogens is 262 g/mol. The van der Waals surface area contributed by atoms with Crippen LogP contribution in [0.25, 0.3) is 11.2 Å². The van der Waals surface area contributed by atoms with E-state index in [1.807, 2.05) is 35.9 Å². The van der Waals surface area contributed by atoms with Gasteiger partial charge in [-0.3, -0.25) is 0 Å². The lowest BCUT2D eigenvalue weighted by molar-refractivity contribution is 0.813. The van der Waals surface area contributed by atoms with Gasteiger partial charge in [0.05, 0.1) is 12.9 Å². The predicted octanol–water partition coefficient (Wildman–Crippen LogP) is 2.57. The molecule has 0 bridgehead atoms. The van der Waals surface area contributed by atoms with Crippen LogP contribution in [0, 0.1) is 0 Å². The Morgan fingerprint density at radius 2 is 2.16 bits per heavy atom. The van der Waals surface area contributed by atoms with Crippen LogP contribution in [0.3, 0.4) is 0 Å². The zero-order valence-electron chi connectivity index (χ0n) is 10.3. The lowest BCUT2D eigenvalue weighted by Crippen LogP contribution is -2.00. The number of nitrogens with one attached hydrogen (secondary N) is 1. The van der Waals surface area contributed by atoms with Crippen molar-refractivity contribution in [2.45, 2.75) is 6.54 Å². The van der Waals surface area contributed by atoms with Crippen LogP contribution in [-0.4, -0.2) is 26.6 Å². The minimum Gasteiger partial charge on any atom is -0.371 e. The van der Waals surface area contributed by atoms with Crippen molar-refractivity contribution in [3.05, 3.63) is 47.5 Å². The Morgan fingerprint density at radius 3 is 2.95 bits per heavy atom. The van der Waals surface area contributed by atoms with E-state index in [1.54, 1.807) is 6.33 Å². The van der Waals surface area contributed by atoms with Crippen LogP contribution in [0.5, 0.6) is 0 Å². The molecule has 0 spiro atoms. The summed E-state index contributed by atoms with van der Waals surface area (Å²) in [5, 5.41) is 3.74. The van der Waals surface area contributed by atoms with Crippen molar-refractivity contribution >= 4 is 28.6 Å². The molecule has 19 heavy (non-hydrogen) atoms. The van der Waals surface area contributed by atoms with Crippen LogP contribution >= 0.6 is 11.6 Å². The van der Waals surface area contributed by atoms with Gasteiger partial charge in [0.1, 0.15) is 11.8 Å². The molecule has 3 rings (SSSR count). The monoisotopic (exact) mass is 273 g/mol. The van der Waals surface area contributed by atoms with Crippen LogP contribution < -0.4 is 5.32 Å². The van der Waals surface area contributed by atoms with Crippen molar-refractivity contribution in [3.63, 3.8) is 0 Å². The highest BCUT2D eigenvalue weighted by atomic mass is 35.5. The SMILES string of the molecule is CNc1ncnc2c1ncn2Cc1cccc(Cl)c1. The molecule has 96 valence electrons. The van der Waals surface area contributed by atoms with Gasteiger partial charge >= 0.3 is 0 Å². The standard InChI is InChI=1S/C13H12ClN5/c1-15-12-11-13(17-7-16-12)19(8-18-11)6-9-3-2-4-10(14)5-9/h2-5,7-8H,6H2,1H3,(H,15,16,17). The van der Waals surface area contributed by atoms with E-state index >= 15 is 0 Å². The number of aromatic nitrogens is 4. The fraction of sp³-hybridized carbons (Fsp3) is 0.154. The van der Waals surface area contributed by atoms with E-state index < -0.39 is 0 Å². The molecule has 0 amide bonds. The third-order valence-electron chi connectivity index (χ3n) is 2.88. The highest BCUT2D eigenvalue weighted by molar-refractivity contribution is 6.30. The Balaban J connectivity index is 2.02. The van der Waals surface area contributed by atoms with Gasteiger partial charge in [-0.05, 0) is 17.7 Å². The molecule has 0 unspecified atom stereocenters. The predicted molar refractivity (Wildman–Crippen MR) is 75.4 cm³/mol. The maximum absolute atomic E-state index is 5.99. The molecule has 6 heteroatoms. The van der Waals surface area contributed by atoms with E-state index in [-0.39, 0.29) is 0 Å². The first-order valence-electron chi connectivity index (χ1n) is 5.86. The van der Waals surface area contributed by atoms with Gasteiger partial charge in [0.2, 0.25) is 0 Å². The molecule has 1 aromatic carbocycles. The second kappa shape index (κ2) is 4.85. The third-order valence-corrected chi connectivity index (χ3v) is 3.12. The zero-order valence-corrected chi connectivity index (χ0v) is 11.1. The average molecular weight is 274 g/mol. The largest absolute Gasteiger partial charge is 0.371 e. The molecule has 0 atom stereocenters. The Labute approximate surface area is 115 Å². The van der Waals surface area contributed by atoms with Gasteiger partial charge in [0, 0.05) is 12.1 Å². The molecule has 5 nitrogen and oxygen atoms in total. The van der Waals surface area contributed by atoms with Crippen LogP contribution in [0.15, 0.2) is 36.9 Å². The Kier molecular flexibility index (Phi) is 3.05. The summed E-state index contributed by atoms with van der Waals surface area (Å²) in [6, 6.07) is 7.76. The maximum atomic E-state index is 5.99. The summed E-state index contributed by atoms with van der Waals surface area (Å²) in [7, 11) is 1.82. The summed E-state index contributed by atoms with van der Waals surface area (Å²) in [5.74, 6) is 0.731. The number of halogens is 1. The fourth-order valence-electron chi connectivity index (χ4n) is 2.01. The Morgan fingerprint density at radius 1 is 1.26 bits per heavy atom. The number of nitrogens with zero attached hydrogens (tertiary/aromatic N) is 4. The quantitative estimate of drug-likeness (QED) is 0.797. The molecule has 0 aliphatic heterocycles. The number of anilines is 1. The first-order valence-corrected chi connectivity index (χ1v) is 6.24. The van der Waals surface area contributed by atoms with Gasteiger partial charge in [0.15, 0.2) is 11.5 Å². The van der Waals surface area contributed by atoms with Gasteiger partial charge in [-0.2, -0.15) is 0 Å². The highest BCUT2D eigenvalue weighted by Gasteiger charge is 2.09. The van der Waals surface area contributed by atoms with Crippen molar-refractivity contribution in [3.8, 4) is 0 Å². The van der Waals surface area contributed by atoms with Crippen LogP contribution in [0.4, 0.5) is 5.82 Å². The Bertz CT molecular complexity index is 722. The molecule has 0 radical (unpaired) electrons. The summed E-state index contributed by atoms with van der Waals surface area (Å²) in [4.78, 5) is 12.8. The summed E-state index contributed by atoms with van der Waals surface area (Å²) < 4.78 is 1.98. The molecule has 3 aromatic rings. The van der Waals surface area contributed by atoms with Crippen LogP contribution in [-0.2, 0) is 6.54 Å². The number of hydrogen-bond acceptors (Lipinski definition) is 4. The first-order chi connectivity index (χ1) is 9.28. The van der Waals surface area contributed by atoms with Crippen LogP contribution in [0.1, 0.15) is 5.56 Å². The number of imidazole rings is 1. The molecule has 0 saturated heterocycles. The smallest absolute Gasteiger partial charge is 0.165 e. The average Bonchev–Trinajstić information content (AvgIpc) is 2.82. The Hall–Kier alpha value is -2.14. The van der Waals surface area contributed by atoms with Crippen LogP contribution in [0.2, 0.25) is 5.02 Å². The second-order valence-corrected chi connectivity index (χ2v) is 4.58. The third kappa shape index (κ3) is 2.24. The zero-order chi connectivity index (χ0) is 13.2. The molecule has 0 aliphatic carbocycles. The van der Waals surface area contributed by atoms with E-state index in [2.05, 4.69) is 20.3 Å². The van der Waals surface area contributed by atoms with Gasteiger partial charge < -0.3 is 9.88 Å². The number of hydrogen-bond donors (Lipinski definition) is 1. The number of benzene rings is 1. The van der Waals surface area contributed by atoms with E-state index in [1.165, 1.54) is 6.33 Å². The normalized spacial score (nSPS) is 10.8. The van der Waals surface area contributed by atoms with E-state index in [9.17, 15) is 0 Å². The molecular formula is C13H12ClN5. The van der Waals surface area contributed by atoms with Gasteiger partial charge in [0.25, 0.3) is 0 Å². The van der Waals surface area contributed by atoms with E-state index in [4.69, 9.17) is 11.6 Å². The second-order valence-electron chi connectivity index (χ2n) is 4.15. The lowest BCUT2D eigenvalue weighted by Gasteiger charge is -2.05. The van der Waals surface area contributed by atoms with E-state index in [0.717, 1.165) is 27.6 Å². The van der Waals surface area contributed by atoms with Crippen molar-refractivity contribution in [1.82, 2.24) is 19.5 Å². The highest BCUT2D eigenvalue weighted by Crippen LogP contribution is 2.18. The minimum absolute atomic E-state index is 0.678.